The molecular formula is C21H29IN6O2S. The monoisotopic (exact) mass is 556 g/mol. The number of rotatable bonds is 9. The lowest BCUT2D eigenvalue weighted by molar-refractivity contribution is 0.354. The Morgan fingerprint density at radius 1 is 1.13 bits per heavy atom. The van der Waals surface area contributed by atoms with E-state index in [0.717, 1.165) is 54.2 Å². The van der Waals surface area contributed by atoms with Crippen LogP contribution in [0.5, 0.6) is 11.5 Å². The van der Waals surface area contributed by atoms with Gasteiger partial charge in [-0.3, -0.25) is 0 Å². The maximum absolute atomic E-state index is 5.39. The molecule has 0 amide bonds. The molecule has 1 aromatic carbocycles. The molecule has 0 aliphatic rings. The molecule has 0 bridgehead atoms. The minimum Gasteiger partial charge on any atom is -0.493 e. The SMILES string of the molecule is COc1ccc(CCNC(=NCc2nnc(C)n2C)NCc2cccs2)cc1OC.I. The number of nitrogens with one attached hydrogen (secondary N) is 2. The number of thiophene rings is 1. The van der Waals surface area contributed by atoms with Crippen LogP contribution in [0.1, 0.15) is 22.1 Å². The Balaban J connectivity index is 0.00000341. The van der Waals surface area contributed by atoms with Crippen molar-refractivity contribution in [2.45, 2.75) is 26.4 Å². The van der Waals surface area contributed by atoms with Gasteiger partial charge in [0.1, 0.15) is 12.4 Å². The Morgan fingerprint density at radius 3 is 2.58 bits per heavy atom. The van der Waals surface area contributed by atoms with Crippen LogP contribution < -0.4 is 20.1 Å². The van der Waals surface area contributed by atoms with Gasteiger partial charge in [0.2, 0.25) is 0 Å². The molecular weight excluding hydrogens is 527 g/mol. The van der Waals surface area contributed by atoms with Gasteiger partial charge in [0, 0.05) is 18.5 Å². The number of nitrogens with zero attached hydrogens (tertiary/aromatic N) is 4. The number of methoxy groups -OCH3 is 2. The number of guanidine groups is 1. The number of benzene rings is 1. The van der Waals surface area contributed by atoms with Gasteiger partial charge >= 0.3 is 0 Å². The van der Waals surface area contributed by atoms with Gasteiger partial charge in [-0.2, -0.15) is 0 Å². The van der Waals surface area contributed by atoms with E-state index < -0.39 is 0 Å². The second-order valence-corrected chi connectivity index (χ2v) is 7.72. The predicted octanol–water partition coefficient (Wildman–Crippen LogP) is 3.30. The second kappa shape index (κ2) is 12.5. The first kappa shape index (κ1) is 24.9. The second-order valence-electron chi connectivity index (χ2n) is 6.69. The Kier molecular flexibility index (Phi) is 10.0. The highest BCUT2D eigenvalue weighted by Crippen LogP contribution is 2.27. The zero-order chi connectivity index (χ0) is 21.3. The van der Waals surface area contributed by atoms with E-state index in [4.69, 9.17) is 14.5 Å². The number of halogens is 1. The molecule has 0 aliphatic carbocycles. The normalized spacial score (nSPS) is 11.0. The van der Waals surface area contributed by atoms with Gasteiger partial charge in [-0.15, -0.1) is 45.5 Å². The highest BCUT2D eigenvalue weighted by molar-refractivity contribution is 14.0. The highest BCUT2D eigenvalue weighted by Gasteiger charge is 2.07. The minimum atomic E-state index is 0. The third kappa shape index (κ3) is 7.10. The van der Waals surface area contributed by atoms with Crippen molar-refractivity contribution in [1.29, 1.82) is 0 Å². The summed E-state index contributed by atoms with van der Waals surface area (Å²) in [5.41, 5.74) is 1.15. The molecule has 2 heterocycles. The van der Waals surface area contributed by atoms with Crippen molar-refractivity contribution in [3.8, 4) is 11.5 Å². The van der Waals surface area contributed by atoms with Gasteiger partial charge in [-0.25, -0.2) is 4.99 Å². The Hall–Kier alpha value is -2.34. The number of aromatic nitrogens is 3. The van der Waals surface area contributed by atoms with E-state index in [2.05, 4.69) is 32.3 Å². The predicted molar refractivity (Wildman–Crippen MR) is 135 cm³/mol. The standard InChI is InChI=1S/C21H28N6O2S.HI/c1-15-25-26-20(27(15)2)14-24-21(23-13-17-6-5-11-30-17)22-10-9-16-7-8-18(28-3)19(12-16)29-4;/h5-8,11-12H,9-10,13-14H2,1-4H3,(H2,22,23,24);1H. The first-order valence-corrected chi connectivity index (χ1v) is 10.6. The number of hydrogen-bond acceptors (Lipinski definition) is 6. The topological polar surface area (TPSA) is 85.6 Å². The van der Waals surface area contributed by atoms with Gasteiger partial charge in [0.05, 0.1) is 20.8 Å². The summed E-state index contributed by atoms with van der Waals surface area (Å²) in [5.74, 6) is 3.90. The molecule has 0 aliphatic heterocycles. The molecule has 2 aromatic heterocycles. The third-order valence-corrected chi connectivity index (χ3v) is 5.60. The smallest absolute Gasteiger partial charge is 0.192 e. The van der Waals surface area contributed by atoms with Crippen molar-refractivity contribution in [2.24, 2.45) is 12.0 Å². The van der Waals surface area contributed by atoms with Gasteiger partial charge < -0.3 is 24.7 Å². The van der Waals surface area contributed by atoms with Crippen LogP contribution in [0.25, 0.3) is 0 Å². The van der Waals surface area contributed by atoms with Crippen LogP contribution in [0, 0.1) is 6.92 Å². The van der Waals surface area contributed by atoms with Crippen molar-refractivity contribution < 1.29 is 9.47 Å². The molecule has 0 atom stereocenters. The van der Waals surface area contributed by atoms with Crippen LogP contribution in [0.4, 0.5) is 0 Å². The summed E-state index contributed by atoms with van der Waals surface area (Å²) in [5, 5.41) is 17.2. The third-order valence-electron chi connectivity index (χ3n) is 4.73. The van der Waals surface area contributed by atoms with Crippen LogP contribution in [0.2, 0.25) is 0 Å². The largest absolute Gasteiger partial charge is 0.493 e. The van der Waals surface area contributed by atoms with Crippen LogP contribution in [0.15, 0.2) is 40.7 Å². The highest BCUT2D eigenvalue weighted by atomic mass is 127. The number of hydrogen-bond donors (Lipinski definition) is 2. The molecule has 31 heavy (non-hydrogen) atoms. The molecule has 0 fully saturated rings. The summed E-state index contributed by atoms with van der Waals surface area (Å²) in [6.07, 6.45) is 0.823. The summed E-state index contributed by atoms with van der Waals surface area (Å²) < 4.78 is 12.6. The Bertz CT molecular complexity index is 974. The molecule has 0 saturated carbocycles. The molecule has 2 N–H and O–H groups in total. The zero-order valence-corrected chi connectivity index (χ0v) is 21.4. The van der Waals surface area contributed by atoms with Crippen molar-refractivity contribution in [2.75, 3.05) is 20.8 Å². The minimum absolute atomic E-state index is 0. The van der Waals surface area contributed by atoms with E-state index in [1.807, 2.05) is 42.8 Å². The lowest BCUT2D eigenvalue weighted by atomic mass is 10.1. The van der Waals surface area contributed by atoms with Crippen molar-refractivity contribution in [3.05, 3.63) is 57.8 Å². The zero-order valence-electron chi connectivity index (χ0n) is 18.2. The molecule has 10 heteroatoms. The van der Waals surface area contributed by atoms with E-state index in [1.165, 1.54) is 4.88 Å². The fourth-order valence-corrected chi connectivity index (χ4v) is 3.50. The number of aryl methyl sites for hydroxylation is 1. The van der Waals surface area contributed by atoms with E-state index >= 15 is 0 Å². The molecule has 0 radical (unpaired) electrons. The average Bonchev–Trinajstić information content (AvgIpc) is 3.40. The fraction of sp³-hybridized carbons (Fsp3) is 0.381. The number of ether oxygens (including phenoxy) is 2. The Morgan fingerprint density at radius 2 is 1.94 bits per heavy atom. The van der Waals surface area contributed by atoms with Crippen LogP contribution in [-0.4, -0.2) is 41.5 Å². The van der Waals surface area contributed by atoms with Crippen LogP contribution >= 0.6 is 35.3 Å². The molecule has 0 spiro atoms. The van der Waals surface area contributed by atoms with E-state index in [0.29, 0.717) is 6.54 Å². The van der Waals surface area contributed by atoms with E-state index in [9.17, 15) is 0 Å². The lowest BCUT2D eigenvalue weighted by Gasteiger charge is -2.13. The number of aliphatic imine (C=N–C) groups is 1. The maximum atomic E-state index is 5.39. The van der Waals surface area contributed by atoms with Crippen LogP contribution in [0.3, 0.4) is 0 Å². The Labute approximate surface area is 204 Å². The van der Waals surface area contributed by atoms with Gasteiger partial charge in [-0.1, -0.05) is 12.1 Å². The summed E-state index contributed by atoms with van der Waals surface area (Å²) in [4.78, 5) is 5.94. The van der Waals surface area contributed by atoms with E-state index in [1.54, 1.807) is 25.6 Å². The summed E-state index contributed by atoms with van der Waals surface area (Å²) in [7, 11) is 5.23. The van der Waals surface area contributed by atoms with Gasteiger partial charge in [-0.05, 0) is 42.5 Å². The van der Waals surface area contributed by atoms with E-state index in [-0.39, 0.29) is 24.0 Å². The van der Waals surface area contributed by atoms with Crippen molar-refractivity contribution in [3.63, 3.8) is 0 Å². The van der Waals surface area contributed by atoms with Gasteiger partial charge in [0.15, 0.2) is 23.3 Å². The first-order valence-electron chi connectivity index (χ1n) is 9.71. The van der Waals surface area contributed by atoms with Crippen molar-refractivity contribution >= 4 is 41.3 Å². The van der Waals surface area contributed by atoms with Gasteiger partial charge in [0.25, 0.3) is 0 Å². The molecule has 0 saturated heterocycles. The summed E-state index contributed by atoms with van der Waals surface area (Å²) in [6, 6.07) is 10.1. The van der Waals surface area contributed by atoms with Crippen molar-refractivity contribution in [1.82, 2.24) is 25.4 Å². The average molecular weight is 556 g/mol. The quantitative estimate of drug-likeness (QED) is 0.239. The molecule has 3 rings (SSSR count). The van der Waals surface area contributed by atoms with Crippen LogP contribution in [-0.2, 0) is 26.6 Å². The molecule has 0 unspecified atom stereocenters. The lowest BCUT2D eigenvalue weighted by Crippen LogP contribution is -2.38. The molecule has 168 valence electrons. The molecule has 3 aromatic rings. The molecule has 8 nitrogen and oxygen atoms in total. The first-order chi connectivity index (χ1) is 14.6. The fourth-order valence-electron chi connectivity index (χ4n) is 2.86. The summed E-state index contributed by atoms with van der Waals surface area (Å²) in [6.45, 7) is 3.83. The maximum Gasteiger partial charge on any atom is 0.192 e. The summed E-state index contributed by atoms with van der Waals surface area (Å²) >= 11 is 1.72.